The molecular weight excluding hydrogens is 204 g/mol. The van der Waals surface area contributed by atoms with E-state index in [1.807, 2.05) is 0 Å². The molecule has 0 amide bonds. The zero-order chi connectivity index (χ0) is 11.8. The van der Waals surface area contributed by atoms with Crippen molar-refractivity contribution in [3.05, 3.63) is 59.2 Å². The number of hydrogen-bond acceptors (Lipinski definition) is 0. The third-order valence-electron chi connectivity index (χ3n) is 3.93. The van der Waals surface area contributed by atoms with E-state index in [0.29, 0.717) is 5.92 Å². The van der Waals surface area contributed by atoms with Gasteiger partial charge in [-0.1, -0.05) is 56.3 Å². The molecule has 1 aliphatic rings. The molecular formula is C17H18. The average molecular weight is 222 g/mol. The zero-order valence-electron chi connectivity index (χ0n) is 10.5. The Bertz CT molecular complexity index is 552. The van der Waals surface area contributed by atoms with Crippen LogP contribution in [0.4, 0.5) is 0 Å². The highest BCUT2D eigenvalue weighted by atomic mass is 14.3. The molecule has 3 rings (SSSR count). The van der Waals surface area contributed by atoms with Gasteiger partial charge in [-0.25, -0.2) is 0 Å². The topological polar surface area (TPSA) is 0 Å². The van der Waals surface area contributed by atoms with Gasteiger partial charge in [0.25, 0.3) is 0 Å². The van der Waals surface area contributed by atoms with Crippen LogP contribution in [0.3, 0.4) is 0 Å². The first-order chi connectivity index (χ1) is 8.35. The highest BCUT2D eigenvalue weighted by Gasteiger charge is 2.26. The van der Waals surface area contributed by atoms with Gasteiger partial charge in [-0.2, -0.15) is 0 Å². The second-order valence-electron chi connectivity index (χ2n) is 4.82. The Kier molecular flexibility index (Phi) is 2.51. The van der Waals surface area contributed by atoms with E-state index in [0.717, 1.165) is 6.42 Å². The van der Waals surface area contributed by atoms with Crippen molar-refractivity contribution in [1.29, 1.82) is 0 Å². The molecule has 0 saturated carbocycles. The van der Waals surface area contributed by atoms with Gasteiger partial charge < -0.3 is 0 Å². The minimum atomic E-state index is 0.604. The van der Waals surface area contributed by atoms with Gasteiger partial charge in [0, 0.05) is 5.92 Å². The van der Waals surface area contributed by atoms with Crippen molar-refractivity contribution < 1.29 is 0 Å². The molecule has 0 bridgehead atoms. The van der Waals surface area contributed by atoms with Crippen molar-refractivity contribution in [3.63, 3.8) is 0 Å². The predicted molar refractivity (Wildman–Crippen MR) is 73.4 cm³/mol. The van der Waals surface area contributed by atoms with Crippen LogP contribution in [0.1, 0.15) is 42.9 Å². The third kappa shape index (κ3) is 1.51. The van der Waals surface area contributed by atoms with Crippen molar-refractivity contribution >= 4 is 0 Å². The maximum atomic E-state index is 2.41. The van der Waals surface area contributed by atoms with Crippen LogP contribution in [-0.2, 0) is 6.42 Å². The lowest BCUT2D eigenvalue weighted by molar-refractivity contribution is 0.795. The van der Waals surface area contributed by atoms with Crippen LogP contribution in [0.5, 0.6) is 0 Å². The SMILES string of the molecule is CCc1ccc2c(c1)C(CC)c1ccccc1-2. The number of hydrogen-bond donors (Lipinski definition) is 0. The first-order valence-corrected chi connectivity index (χ1v) is 6.57. The summed E-state index contributed by atoms with van der Waals surface area (Å²) in [5, 5.41) is 0. The van der Waals surface area contributed by atoms with E-state index in [9.17, 15) is 0 Å². The van der Waals surface area contributed by atoms with Gasteiger partial charge in [0.2, 0.25) is 0 Å². The number of rotatable bonds is 2. The average Bonchev–Trinajstić information content (AvgIpc) is 2.71. The van der Waals surface area contributed by atoms with Crippen LogP contribution >= 0.6 is 0 Å². The van der Waals surface area contributed by atoms with Gasteiger partial charge >= 0.3 is 0 Å². The maximum absolute atomic E-state index is 2.41. The van der Waals surface area contributed by atoms with Crippen LogP contribution in [-0.4, -0.2) is 0 Å². The predicted octanol–water partition coefficient (Wildman–Crippen LogP) is 4.77. The molecule has 0 fully saturated rings. The summed E-state index contributed by atoms with van der Waals surface area (Å²) in [6.45, 7) is 4.51. The molecule has 2 aromatic rings. The summed E-state index contributed by atoms with van der Waals surface area (Å²) in [7, 11) is 0. The first-order valence-electron chi connectivity index (χ1n) is 6.57. The van der Waals surface area contributed by atoms with Gasteiger partial charge in [0.15, 0.2) is 0 Å². The van der Waals surface area contributed by atoms with Crippen molar-refractivity contribution in [2.45, 2.75) is 32.6 Å². The van der Waals surface area contributed by atoms with Crippen LogP contribution in [0.25, 0.3) is 11.1 Å². The largest absolute Gasteiger partial charge is 0.0645 e. The molecule has 1 atom stereocenters. The van der Waals surface area contributed by atoms with Crippen molar-refractivity contribution in [3.8, 4) is 11.1 Å². The lowest BCUT2D eigenvalue weighted by Gasteiger charge is -2.11. The molecule has 0 N–H and O–H groups in total. The minimum Gasteiger partial charge on any atom is -0.0645 e. The van der Waals surface area contributed by atoms with E-state index >= 15 is 0 Å². The minimum absolute atomic E-state index is 0.604. The molecule has 0 aromatic heterocycles. The fourth-order valence-corrected chi connectivity index (χ4v) is 3.02. The van der Waals surface area contributed by atoms with E-state index in [1.165, 1.54) is 34.2 Å². The molecule has 0 spiro atoms. The van der Waals surface area contributed by atoms with E-state index < -0.39 is 0 Å². The van der Waals surface area contributed by atoms with E-state index in [1.54, 1.807) is 0 Å². The van der Waals surface area contributed by atoms with E-state index in [4.69, 9.17) is 0 Å². The maximum Gasteiger partial charge on any atom is 0.00991 e. The molecule has 0 radical (unpaired) electrons. The highest BCUT2D eigenvalue weighted by Crippen LogP contribution is 2.46. The van der Waals surface area contributed by atoms with Crippen LogP contribution in [0.15, 0.2) is 42.5 Å². The summed E-state index contributed by atoms with van der Waals surface area (Å²) in [6.07, 6.45) is 2.32. The second kappa shape index (κ2) is 4.03. The van der Waals surface area contributed by atoms with Gasteiger partial charge in [-0.3, -0.25) is 0 Å². The molecule has 1 unspecified atom stereocenters. The Hall–Kier alpha value is -1.56. The molecule has 0 aliphatic heterocycles. The van der Waals surface area contributed by atoms with Crippen molar-refractivity contribution in [1.82, 2.24) is 0 Å². The Balaban J connectivity index is 2.23. The fourth-order valence-electron chi connectivity index (χ4n) is 3.02. The quantitative estimate of drug-likeness (QED) is 0.686. The number of aryl methyl sites for hydroxylation is 1. The first kappa shape index (κ1) is 10.6. The van der Waals surface area contributed by atoms with Gasteiger partial charge in [0.05, 0.1) is 0 Å². The summed E-state index contributed by atoms with van der Waals surface area (Å²) in [4.78, 5) is 0. The van der Waals surface area contributed by atoms with E-state index in [2.05, 4.69) is 56.3 Å². The summed E-state index contributed by atoms with van der Waals surface area (Å²) in [6, 6.07) is 15.8. The summed E-state index contributed by atoms with van der Waals surface area (Å²) in [5.74, 6) is 0.604. The second-order valence-corrected chi connectivity index (χ2v) is 4.82. The standard InChI is InChI=1S/C17H18/c1-3-12-9-10-16-15-8-6-5-7-14(15)13(4-2)17(16)11-12/h5-11,13H,3-4H2,1-2H3. The molecule has 0 saturated heterocycles. The number of fused-ring (bicyclic) bond motifs is 3. The van der Waals surface area contributed by atoms with Crippen molar-refractivity contribution in [2.24, 2.45) is 0 Å². The Morgan fingerprint density at radius 1 is 0.882 bits per heavy atom. The Morgan fingerprint density at radius 3 is 2.41 bits per heavy atom. The van der Waals surface area contributed by atoms with E-state index in [-0.39, 0.29) is 0 Å². The van der Waals surface area contributed by atoms with Crippen LogP contribution in [0, 0.1) is 0 Å². The Morgan fingerprint density at radius 2 is 1.65 bits per heavy atom. The number of benzene rings is 2. The molecule has 0 heteroatoms. The molecule has 2 aromatic carbocycles. The molecule has 1 aliphatic carbocycles. The normalized spacial score (nSPS) is 16.7. The Labute approximate surface area is 103 Å². The smallest absolute Gasteiger partial charge is 0.00991 e. The molecule has 0 nitrogen and oxygen atoms in total. The lowest BCUT2D eigenvalue weighted by Crippen LogP contribution is -1.94. The molecule has 17 heavy (non-hydrogen) atoms. The van der Waals surface area contributed by atoms with Crippen molar-refractivity contribution in [2.75, 3.05) is 0 Å². The van der Waals surface area contributed by atoms with Gasteiger partial charge in [0.1, 0.15) is 0 Å². The van der Waals surface area contributed by atoms with Crippen LogP contribution < -0.4 is 0 Å². The molecule has 86 valence electrons. The highest BCUT2D eigenvalue weighted by molar-refractivity contribution is 5.79. The van der Waals surface area contributed by atoms with Crippen LogP contribution in [0.2, 0.25) is 0 Å². The van der Waals surface area contributed by atoms with Gasteiger partial charge in [-0.15, -0.1) is 0 Å². The van der Waals surface area contributed by atoms with Gasteiger partial charge in [-0.05, 0) is 40.7 Å². The third-order valence-corrected chi connectivity index (χ3v) is 3.93. The lowest BCUT2D eigenvalue weighted by atomic mass is 9.93. The summed E-state index contributed by atoms with van der Waals surface area (Å²) < 4.78 is 0. The monoisotopic (exact) mass is 222 g/mol. The zero-order valence-corrected chi connectivity index (χ0v) is 10.5. The summed E-state index contributed by atoms with van der Waals surface area (Å²) >= 11 is 0. The summed E-state index contributed by atoms with van der Waals surface area (Å²) in [5.41, 5.74) is 7.39. The molecule has 0 heterocycles. The fraction of sp³-hybridized carbons (Fsp3) is 0.294.